The fourth-order valence-corrected chi connectivity index (χ4v) is 5.01. The summed E-state index contributed by atoms with van der Waals surface area (Å²) in [5.41, 5.74) is 19.0. The number of carboxylic acid groups (broad SMARTS) is 1. The zero-order chi connectivity index (χ0) is 32.1. The van der Waals surface area contributed by atoms with Gasteiger partial charge in [0, 0.05) is 48.4 Å². The maximum absolute atomic E-state index is 13.5. The van der Waals surface area contributed by atoms with E-state index in [1.807, 2.05) is 30.5 Å². The van der Waals surface area contributed by atoms with Crippen molar-refractivity contribution in [1.82, 2.24) is 30.9 Å². The van der Waals surface area contributed by atoms with Crippen molar-refractivity contribution < 1.29 is 24.3 Å². The van der Waals surface area contributed by atoms with Gasteiger partial charge in [0.1, 0.15) is 18.1 Å². The lowest BCUT2D eigenvalue weighted by Gasteiger charge is -2.25. The summed E-state index contributed by atoms with van der Waals surface area (Å²) in [6.07, 6.45) is 7.41. The SMILES string of the molecule is CSCCC(N)C(=O)NC(Cc1cnc[nH]1)C(=O)NC(CCCN=C(N)N)C(=O)NC(Cc1c[nH]c2ccccc12)C(=O)O. The second-order valence-corrected chi connectivity index (χ2v) is 11.2. The number of aromatic nitrogens is 3. The summed E-state index contributed by atoms with van der Waals surface area (Å²) in [6.45, 7) is 0.179. The van der Waals surface area contributed by atoms with E-state index in [2.05, 4.69) is 35.9 Å². The lowest BCUT2D eigenvalue weighted by Crippen LogP contribution is -2.57. The van der Waals surface area contributed by atoms with Crippen LogP contribution in [-0.2, 0) is 32.0 Å². The highest BCUT2D eigenvalue weighted by atomic mass is 32.2. The Kier molecular flexibility index (Phi) is 13.0. The lowest BCUT2D eigenvalue weighted by molar-refractivity contribution is -0.142. The number of amides is 3. The molecule has 4 unspecified atom stereocenters. The summed E-state index contributed by atoms with van der Waals surface area (Å²) in [4.78, 5) is 65.9. The van der Waals surface area contributed by atoms with Crippen molar-refractivity contribution in [1.29, 1.82) is 0 Å². The van der Waals surface area contributed by atoms with E-state index in [-0.39, 0.29) is 31.8 Å². The average Bonchev–Trinajstić information content (AvgIpc) is 3.66. The van der Waals surface area contributed by atoms with Gasteiger partial charge in [0.05, 0.1) is 12.4 Å². The number of guanidine groups is 1. The van der Waals surface area contributed by atoms with E-state index in [1.54, 1.807) is 18.0 Å². The van der Waals surface area contributed by atoms with Gasteiger partial charge in [-0.05, 0) is 42.9 Å². The zero-order valence-corrected chi connectivity index (χ0v) is 25.2. The molecule has 15 nitrogen and oxygen atoms in total. The van der Waals surface area contributed by atoms with Crippen molar-refractivity contribution in [3.63, 3.8) is 0 Å². The number of nitrogens with zero attached hydrogens (tertiary/aromatic N) is 2. The van der Waals surface area contributed by atoms with Gasteiger partial charge >= 0.3 is 5.97 Å². The van der Waals surface area contributed by atoms with Crippen LogP contribution in [0.3, 0.4) is 0 Å². The van der Waals surface area contributed by atoms with E-state index in [4.69, 9.17) is 17.2 Å². The first-order valence-electron chi connectivity index (χ1n) is 14.0. The molecule has 0 bridgehead atoms. The molecule has 3 rings (SSSR count). The van der Waals surface area contributed by atoms with E-state index in [9.17, 15) is 24.3 Å². The Morgan fingerprint density at radius 3 is 2.36 bits per heavy atom. The van der Waals surface area contributed by atoms with Crippen LogP contribution in [0.15, 0.2) is 48.0 Å². The van der Waals surface area contributed by atoms with Gasteiger partial charge < -0.3 is 48.2 Å². The van der Waals surface area contributed by atoms with Gasteiger partial charge in [-0.1, -0.05) is 18.2 Å². The number of aliphatic carboxylic acids is 1. The number of benzene rings is 1. The summed E-state index contributed by atoms with van der Waals surface area (Å²) in [5, 5.41) is 18.7. The molecule has 0 fully saturated rings. The van der Waals surface area contributed by atoms with Gasteiger partial charge in [0.2, 0.25) is 17.7 Å². The van der Waals surface area contributed by atoms with Gasteiger partial charge in [0.15, 0.2) is 5.96 Å². The highest BCUT2D eigenvalue weighted by Crippen LogP contribution is 2.19. The number of aliphatic imine (C=N–C) groups is 1. The fourth-order valence-electron chi connectivity index (χ4n) is 4.52. The topological polar surface area (TPSA) is 259 Å². The molecule has 0 spiro atoms. The molecule has 4 atom stereocenters. The van der Waals surface area contributed by atoms with Crippen molar-refractivity contribution in [3.05, 3.63) is 54.2 Å². The minimum Gasteiger partial charge on any atom is -0.480 e. The molecule has 3 amide bonds. The molecule has 3 aromatic rings. The second-order valence-electron chi connectivity index (χ2n) is 10.2. The number of nitrogens with one attached hydrogen (secondary N) is 5. The first-order chi connectivity index (χ1) is 21.1. The molecule has 238 valence electrons. The van der Waals surface area contributed by atoms with Crippen LogP contribution < -0.4 is 33.2 Å². The van der Waals surface area contributed by atoms with E-state index in [0.29, 0.717) is 29.9 Å². The van der Waals surface area contributed by atoms with E-state index in [0.717, 1.165) is 10.9 Å². The molecule has 0 radical (unpaired) electrons. The number of aromatic amines is 2. The Hall–Kier alpha value is -4.57. The third kappa shape index (κ3) is 10.3. The molecule has 16 heteroatoms. The number of carboxylic acids is 1. The molecule has 0 aliphatic carbocycles. The highest BCUT2D eigenvalue weighted by molar-refractivity contribution is 7.98. The molecule has 0 saturated carbocycles. The molecular weight excluding hydrogens is 588 g/mol. The van der Waals surface area contributed by atoms with Crippen LogP contribution in [-0.4, -0.2) is 92.4 Å². The number of hydrogen-bond acceptors (Lipinski definition) is 8. The predicted octanol–water partition coefficient (Wildman–Crippen LogP) is -0.651. The Balaban J connectivity index is 1.78. The molecular formula is C28H40N10O5S. The van der Waals surface area contributed by atoms with Gasteiger partial charge in [0.25, 0.3) is 0 Å². The van der Waals surface area contributed by atoms with Gasteiger partial charge in [-0.3, -0.25) is 19.4 Å². The van der Waals surface area contributed by atoms with Gasteiger partial charge in [-0.25, -0.2) is 9.78 Å². The number of thioether (sulfide) groups is 1. The van der Waals surface area contributed by atoms with Crippen molar-refractivity contribution >= 4 is 52.3 Å². The number of H-pyrrole nitrogens is 2. The lowest BCUT2D eigenvalue weighted by atomic mass is 10.0. The van der Waals surface area contributed by atoms with Gasteiger partial charge in [-0.2, -0.15) is 11.8 Å². The Morgan fingerprint density at radius 2 is 1.68 bits per heavy atom. The normalized spacial score (nSPS) is 13.8. The van der Waals surface area contributed by atoms with Crippen molar-refractivity contribution in [2.45, 2.75) is 56.3 Å². The summed E-state index contributed by atoms with van der Waals surface area (Å²) in [7, 11) is 0. The molecule has 0 aliphatic heterocycles. The van der Waals surface area contributed by atoms with Crippen molar-refractivity contribution in [2.75, 3.05) is 18.6 Å². The third-order valence-electron chi connectivity index (χ3n) is 6.87. The van der Waals surface area contributed by atoms with Crippen molar-refractivity contribution in [3.8, 4) is 0 Å². The average molecular weight is 629 g/mol. The maximum atomic E-state index is 13.5. The Labute approximate surface area is 258 Å². The number of nitrogens with two attached hydrogens (primary N) is 3. The smallest absolute Gasteiger partial charge is 0.326 e. The first-order valence-corrected chi connectivity index (χ1v) is 15.4. The molecule has 12 N–H and O–H groups in total. The summed E-state index contributed by atoms with van der Waals surface area (Å²) >= 11 is 1.54. The standard InChI is InChI=1S/C28H40N10O5S/c1-44-10-8-19(29)24(39)37-22(12-17-14-32-15-35-17)26(41)36-21(7-4-9-33-28(30)31)25(40)38-23(27(42)43)11-16-13-34-20-6-3-2-5-18(16)20/h2-3,5-6,13-15,19,21-23,34H,4,7-12,29H2,1H3,(H,32,35)(H,36,41)(H,37,39)(H,38,40)(H,42,43)(H4,30,31,33). The predicted molar refractivity (Wildman–Crippen MR) is 169 cm³/mol. The largest absolute Gasteiger partial charge is 0.480 e. The molecule has 1 aromatic carbocycles. The monoisotopic (exact) mass is 628 g/mol. The minimum absolute atomic E-state index is 0.00615. The number of carbonyl (C=O) groups is 4. The van der Waals surface area contributed by atoms with Crippen LogP contribution in [0.1, 0.15) is 30.5 Å². The summed E-state index contributed by atoms with van der Waals surface area (Å²) < 4.78 is 0. The number of carbonyl (C=O) groups excluding carboxylic acids is 3. The molecule has 0 aliphatic rings. The maximum Gasteiger partial charge on any atom is 0.326 e. The molecule has 2 aromatic heterocycles. The third-order valence-corrected chi connectivity index (χ3v) is 7.52. The molecule has 0 saturated heterocycles. The summed E-state index contributed by atoms with van der Waals surface area (Å²) in [6, 6.07) is 3.04. The summed E-state index contributed by atoms with van der Waals surface area (Å²) in [5.74, 6) is -2.59. The number of para-hydroxylation sites is 1. The Morgan fingerprint density at radius 1 is 0.977 bits per heavy atom. The second kappa shape index (κ2) is 16.9. The zero-order valence-electron chi connectivity index (χ0n) is 24.4. The van der Waals surface area contributed by atoms with E-state index >= 15 is 0 Å². The van der Waals surface area contributed by atoms with Crippen LogP contribution in [0, 0.1) is 0 Å². The van der Waals surface area contributed by atoms with Crippen molar-refractivity contribution in [2.24, 2.45) is 22.2 Å². The number of imidazole rings is 1. The highest BCUT2D eigenvalue weighted by Gasteiger charge is 2.31. The quantitative estimate of drug-likeness (QED) is 0.0488. The van der Waals surface area contributed by atoms with Crippen LogP contribution in [0.25, 0.3) is 10.9 Å². The minimum atomic E-state index is -1.28. The molecule has 44 heavy (non-hydrogen) atoms. The van der Waals surface area contributed by atoms with E-state index in [1.165, 1.54) is 12.5 Å². The van der Waals surface area contributed by atoms with Crippen LogP contribution in [0.5, 0.6) is 0 Å². The Bertz CT molecular complexity index is 1420. The first kappa shape index (κ1) is 33.9. The fraction of sp³-hybridized carbons (Fsp3) is 0.429. The van der Waals surface area contributed by atoms with Crippen LogP contribution in [0.4, 0.5) is 0 Å². The number of hydrogen-bond donors (Lipinski definition) is 9. The van der Waals surface area contributed by atoms with Gasteiger partial charge in [-0.15, -0.1) is 0 Å². The number of rotatable bonds is 18. The van der Waals surface area contributed by atoms with Crippen LogP contribution >= 0.6 is 11.8 Å². The molecule has 2 heterocycles. The number of fused-ring (bicyclic) bond motifs is 1. The van der Waals surface area contributed by atoms with Crippen LogP contribution in [0.2, 0.25) is 0 Å². The van der Waals surface area contributed by atoms with E-state index < -0.39 is 47.9 Å².